The second kappa shape index (κ2) is 29.2. The lowest BCUT2D eigenvalue weighted by atomic mass is 10.6. The molecule has 0 aliphatic heterocycles. The van der Waals surface area contributed by atoms with Crippen molar-refractivity contribution >= 4 is 23.6 Å². The lowest BCUT2D eigenvalue weighted by Crippen LogP contribution is -1.69. The van der Waals surface area contributed by atoms with Crippen LogP contribution in [0.1, 0.15) is 55.9 Å². The minimum absolute atomic E-state index is 0. The predicted molar refractivity (Wildman–Crippen MR) is 67.5 cm³/mol. The van der Waals surface area contributed by atoms with Gasteiger partial charge in [-0.25, -0.2) is 0 Å². The average molecular weight is 234 g/mol. The van der Waals surface area contributed by atoms with Crippen LogP contribution in [0.2, 0.25) is 0 Å². The van der Waals surface area contributed by atoms with E-state index in [0.717, 1.165) is 6.29 Å². The van der Waals surface area contributed by atoms with Crippen molar-refractivity contribution in [1.82, 2.24) is 0 Å². The summed E-state index contributed by atoms with van der Waals surface area (Å²) < 4.78 is 0. The van der Waals surface area contributed by atoms with E-state index in [0.29, 0.717) is 0 Å². The van der Waals surface area contributed by atoms with Crippen LogP contribution in [0.15, 0.2) is 0 Å². The fourth-order valence-corrected chi connectivity index (χ4v) is 0. The highest BCUT2D eigenvalue weighted by Crippen LogP contribution is 1.51. The SMILES string of the molecule is C.CC(C)=O.CC(C)=O.CC(C)=O.CC=O. The van der Waals surface area contributed by atoms with Gasteiger partial charge in [0.1, 0.15) is 23.6 Å². The molecule has 98 valence electrons. The zero-order valence-corrected chi connectivity index (χ0v) is 10.7. The Bertz CT molecular complexity index is 143. The Balaban J connectivity index is -0.0000000331. The maximum Gasteiger partial charge on any atom is 0.126 e. The molecule has 0 amide bonds. The van der Waals surface area contributed by atoms with Gasteiger partial charge in [0.25, 0.3) is 0 Å². The number of ketones is 3. The number of carbonyl (C=O) groups is 4. The van der Waals surface area contributed by atoms with Crippen molar-refractivity contribution in [3.63, 3.8) is 0 Å². The van der Waals surface area contributed by atoms with Gasteiger partial charge in [0, 0.05) is 0 Å². The number of hydrogen-bond acceptors (Lipinski definition) is 4. The van der Waals surface area contributed by atoms with Gasteiger partial charge in [-0.15, -0.1) is 0 Å². The average Bonchev–Trinajstić information content (AvgIpc) is 1.81. The van der Waals surface area contributed by atoms with Crippen molar-refractivity contribution < 1.29 is 19.2 Å². The topological polar surface area (TPSA) is 68.3 Å². The molecule has 0 rings (SSSR count). The van der Waals surface area contributed by atoms with Crippen LogP contribution in [0, 0.1) is 0 Å². The molecule has 0 aliphatic carbocycles. The zero-order valence-electron chi connectivity index (χ0n) is 10.7. The molecule has 0 atom stereocenters. The minimum atomic E-state index is 0. The highest BCUT2D eigenvalue weighted by molar-refractivity contribution is 5.72. The van der Waals surface area contributed by atoms with E-state index in [9.17, 15) is 14.4 Å². The third-order valence-electron chi connectivity index (χ3n) is 0. The fourth-order valence-electron chi connectivity index (χ4n) is 0. The second-order valence-corrected chi connectivity index (χ2v) is 2.96. The summed E-state index contributed by atoms with van der Waals surface area (Å²) >= 11 is 0. The van der Waals surface area contributed by atoms with Crippen LogP contribution in [0.5, 0.6) is 0 Å². The van der Waals surface area contributed by atoms with Crippen LogP contribution in [0.25, 0.3) is 0 Å². The quantitative estimate of drug-likeness (QED) is 0.604. The van der Waals surface area contributed by atoms with Gasteiger partial charge in [0.15, 0.2) is 0 Å². The van der Waals surface area contributed by atoms with Crippen molar-refractivity contribution in [1.29, 1.82) is 0 Å². The van der Waals surface area contributed by atoms with E-state index in [-0.39, 0.29) is 24.8 Å². The molecule has 0 aromatic rings. The first-order valence-corrected chi connectivity index (χ1v) is 4.43. The van der Waals surface area contributed by atoms with Gasteiger partial charge in [0.05, 0.1) is 0 Å². The second-order valence-electron chi connectivity index (χ2n) is 2.96. The highest BCUT2D eigenvalue weighted by Gasteiger charge is 1.63. The van der Waals surface area contributed by atoms with E-state index < -0.39 is 0 Å². The van der Waals surface area contributed by atoms with E-state index >= 15 is 0 Å². The number of Topliss-reactive ketones (excluding diaryl/α,β-unsaturated/α-hetero) is 3. The van der Waals surface area contributed by atoms with Gasteiger partial charge in [-0.2, -0.15) is 0 Å². The zero-order chi connectivity index (χ0) is 13.4. The minimum Gasteiger partial charge on any atom is -0.304 e. The molecule has 0 fully saturated rings. The van der Waals surface area contributed by atoms with E-state index in [4.69, 9.17) is 4.79 Å². The molecule has 0 radical (unpaired) electrons. The van der Waals surface area contributed by atoms with Crippen LogP contribution < -0.4 is 0 Å². The summed E-state index contributed by atoms with van der Waals surface area (Å²) in [7, 11) is 0. The molecule has 0 aromatic carbocycles. The number of aldehydes is 1. The molecule has 4 nitrogen and oxygen atoms in total. The van der Waals surface area contributed by atoms with Gasteiger partial charge in [-0.3, -0.25) is 0 Å². The summed E-state index contributed by atoms with van der Waals surface area (Å²) in [5.41, 5.74) is 0. The Labute approximate surface area is 99.4 Å². The Morgan fingerprint density at radius 2 is 0.688 bits per heavy atom. The Morgan fingerprint density at radius 3 is 0.688 bits per heavy atom. The third kappa shape index (κ3) is 993. The van der Waals surface area contributed by atoms with Crippen LogP contribution in [-0.2, 0) is 19.2 Å². The molecular formula is C12H26O4. The van der Waals surface area contributed by atoms with Crippen LogP contribution in [-0.4, -0.2) is 23.6 Å². The summed E-state index contributed by atoms with van der Waals surface area (Å²) in [6.45, 7) is 10.6. The molecule has 0 aromatic heterocycles. The first-order valence-electron chi connectivity index (χ1n) is 4.43. The van der Waals surface area contributed by atoms with Crippen molar-refractivity contribution in [2.75, 3.05) is 0 Å². The third-order valence-corrected chi connectivity index (χ3v) is 0. The van der Waals surface area contributed by atoms with Crippen molar-refractivity contribution in [2.24, 2.45) is 0 Å². The normalized spacial score (nSPS) is 5.69. The summed E-state index contributed by atoms with van der Waals surface area (Å²) in [5, 5.41) is 0. The van der Waals surface area contributed by atoms with Gasteiger partial charge < -0.3 is 19.2 Å². The molecule has 0 heterocycles. The molecule has 0 unspecified atom stereocenters. The smallest absolute Gasteiger partial charge is 0.126 e. The first kappa shape index (κ1) is 29.3. The van der Waals surface area contributed by atoms with E-state index in [1.807, 2.05) is 0 Å². The van der Waals surface area contributed by atoms with Gasteiger partial charge in [-0.1, -0.05) is 7.43 Å². The van der Waals surface area contributed by atoms with Crippen molar-refractivity contribution in [3.8, 4) is 0 Å². The van der Waals surface area contributed by atoms with Crippen molar-refractivity contribution in [2.45, 2.75) is 55.9 Å². The lowest BCUT2D eigenvalue weighted by Gasteiger charge is -1.56. The van der Waals surface area contributed by atoms with Crippen molar-refractivity contribution in [3.05, 3.63) is 0 Å². The predicted octanol–water partition coefficient (Wildman–Crippen LogP) is 2.63. The van der Waals surface area contributed by atoms with Crippen LogP contribution in [0.4, 0.5) is 0 Å². The molecule has 0 saturated heterocycles. The number of hydrogen-bond donors (Lipinski definition) is 0. The maximum absolute atomic E-state index is 9.44. The van der Waals surface area contributed by atoms with Crippen LogP contribution in [0.3, 0.4) is 0 Å². The van der Waals surface area contributed by atoms with Gasteiger partial charge in [0.2, 0.25) is 0 Å². The molecule has 0 saturated carbocycles. The maximum atomic E-state index is 9.44. The van der Waals surface area contributed by atoms with Gasteiger partial charge >= 0.3 is 0 Å². The van der Waals surface area contributed by atoms with E-state index in [2.05, 4.69) is 0 Å². The largest absolute Gasteiger partial charge is 0.304 e. The molecule has 0 bridgehead atoms. The Kier molecular flexibility index (Phi) is 53.5. The number of carbonyl (C=O) groups excluding carboxylic acids is 4. The molecule has 16 heavy (non-hydrogen) atoms. The Hall–Kier alpha value is -1.32. The summed E-state index contributed by atoms with van der Waals surface area (Å²) in [6, 6.07) is 0. The molecule has 0 N–H and O–H groups in total. The van der Waals surface area contributed by atoms with E-state index in [1.165, 1.54) is 48.5 Å². The fraction of sp³-hybridized carbons (Fsp3) is 0.667. The molecule has 0 aliphatic rings. The highest BCUT2D eigenvalue weighted by atomic mass is 16.1. The Morgan fingerprint density at radius 1 is 0.688 bits per heavy atom. The molecular weight excluding hydrogens is 208 g/mol. The summed E-state index contributed by atoms with van der Waals surface area (Å²) in [4.78, 5) is 37.1. The molecule has 4 heteroatoms. The molecule has 0 spiro atoms. The van der Waals surface area contributed by atoms with Gasteiger partial charge in [-0.05, 0) is 48.5 Å². The standard InChI is InChI=1S/3C3H6O.C2H4O.CH4/c3*1-3(2)4;1-2-3;/h3*1-2H3;2H,1H3;1H4. The summed E-state index contributed by atoms with van der Waals surface area (Å²) in [6.07, 6.45) is 0.750. The number of rotatable bonds is 0. The monoisotopic (exact) mass is 234 g/mol. The lowest BCUT2D eigenvalue weighted by molar-refractivity contribution is -0.115. The first-order chi connectivity index (χ1) is 6.61. The summed E-state index contributed by atoms with van der Waals surface area (Å²) in [5.74, 6) is 0.500. The van der Waals surface area contributed by atoms with Crippen LogP contribution >= 0.6 is 0 Å². The van der Waals surface area contributed by atoms with E-state index in [1.54, 1.807) is 0 Å².